The van der Waals surface area contributed by atoms with Crippen LogP contribution in [0, 0.1) is 0 Å². The molecule has 1 aliphatic heterocycles. The summed E-state index contributed by atoms with van der Waals surface area (Å²) in [6, 6.07) is 2.79. The van der Waals surface area contributed by atoms with Crippen LogP contribution in [0.4, 0.5) is 0 Å². The molecule has 0 aromatic heterocycles. The Balaban J connectivity index is 2.36. The average Bonchev–Trinajstić information content (AvgIpc) is 2.12. The van der Waals surface area contributed by atoms with Gasteiger partial charge in [0.15, 0.2) is 8.32 Å². The minimum Gasteiger partial charge on any atom is -0.415 e. The molecule has 10 heavy (non-hydrogen) atoms. The molecule has 1 fully saturated rings. The van der Waals surface area contributed by atoms with Crippen LogP contribution >= 0.6 is 0 Å². The van der Waals surface area contributed by atoms with Crippen molar-refractivity contribution < 1.29 is 4.43 Å². The maximum atomic E-state index is 5.94. The Labute approximate surface area is 64.9 Å². The molecule has 0 saturated carbocycles. The summed E-state index contributed by atoms with van der Waals surface area (Å²) in [5, 5.41) is 0. The van der Waals surface area contributed by atoms with Crippen LogP contribution in [0.5, 0.6) is 0 Å². The zero-order valence-corrected chi connectivity index (χ0v) is 8.31. The second-order valence-electron chi connectivity index (χ2n) is 3.82. The van der Waals surface area contributed by atoms with Crippen molar-refractivity contribution in [2.75, 3.05) is 0 Å². The lowest BCUT2D eigenvalue weighted by Crippen LogP contribution is -2.33. The molecule has 1 heterocycles. The lowest BCUT2D eigenvalue weighted by Gasteiger charge is -2.24. The molecular formula is C8H18OSi. The maximum absolute atomic E-state index is 5.94. The largest absolute Gasteiger partial charge is 0.415 e. The topological polar surface area (TPSA) is 9.23 Å². The molecule has 1 rings (SSSR count). The minimum absolute atomic E-state index is 0.453. The summed E-state index contributed by atoms with van der Waals surface area (Å²) in [6.45, 7) is 6.67. The first-order valence-corrected chi connectivity index (χ1v) is 7.12. The molecule has 1 saturated heterocycles. The van der Waals surface area contributed by atoms with E-state index < -0.39 is 8.32 Å². The quantitative estimate of drug-likeness (QED) is 0.561. The van der Waals surface area contributed by atoms with Gasteiger partial charge >= 0.3 is 0 Å². The van der Waals surface area contributed by atoms with Crippen LogP contribution in [0.25, 0.3) is 0 Å². The normalized spacial score (nSPS) is 24.0. The molecule has 0 atom stereocenters. The molecule has 1 nitrogen and oxygen atoms in total. The van der Waals surface area contributed by atoms with E-state index in [0.717, 1.165) is 0 Å². The van der Waals surface area contributed by atoms with Crippen molar-refractivity contribution in [3.8, 4) is 0 Å². The molecule has 60 valence electrons. The van der Waals surface area contributed by atoms with Crippen LogP contribution in [-0.4, -0.2) is 14.4 Å². The molecule has 0 N–H and O–H groups in total. The van der Waals surface area contributed by atoms with Crippen LogP contribution in [0.3, 0.4) is 0 Å². The molecule has 0 aromatic carbocycles. The fourth-order valence-electron chi connectivity index (χ4n) is 1.81. The van der Waals surface area contributed by atoms with Gasteiger partial charge in [-0.05, 0) is 32.5 Å². The summed E-state index contributed by atoms with van der Waals surface area (Å²) in [4.78, 5) is 0. The smallest absolute Gasteiger partial charge is 0.190 e. The van der Waals surface area contributed by atoms with Gasteiger partial charge in [-0.2, -0.15) is 0 Å². The zero-order chi connectivity index (χ0) is 7.61. The summed E-state index contributed by atoms with van der Waals surface area (Å²) >= 11 is 0. The van der Waals surface area contributed by atoms with Gasteiger partial charge in [-0.25, -0.2) is 0 Å². The van der Waals surface area contributed by atoms with E-state index in [4.69, 9.17) is 4.43 Å². The van der Waals surface area contributed by atoms with Crippen LogP contribution in [0.2, 0.25) is 18.6 Å². The number of hydrogen-bond donors (Lipinski definition) is 0. The fraction of sp³-hybridized carbons (Fsp3) is 1.00. The number of rotatable bonds is 2. The Hall–Kier alpha value is 0.177. The van der Waals surface area contributed by atoms with Gasteiger partial charge in [-0.1, -0.05) is 12.8 Å². The van der Waals surface area contributed by atoms with Crippen molar-refractivity contribution in [1.29, 1.82) is 0 Å². The van der Waals surface area contributed by atoms with E-state index in [1.54, 1.807) is 0 Å². The van der Waals surface area contributed by atoms with Crippen molar-refractivity contribution in [2.45, 2.75) is 51.4 Å². The lowest BCUT2D eigenvalue weighted by molar-refractivity contribution is 0.231. The molecule has 0 aliphatic carbocycles. The van der Waals surface area contributed by atoms with Crippen molar-refractivity contribution in [3.63, 3.8) is 0 Å². The minimum atomic E-state index is -1.15. The van der Waals surface area contributed by atoms with Gasteiger partial charge < -0.3 is 4.43 Å². The maximum Gasteiger partial charge on any atom is 0.190 e. The SMILES string of the molecule is CC(C)O[Si]1(C)CCCC1. The molecular weight excluding hydrogens is 140 g/mol. The van der Waals surface area contributed by atoms with E-state index in [1.807, 2.05) is 0 Å². The first-order valence-electron chi connectivity index (χ1n) is 4.30. The highest BCUT2D eigenvalue weighted by atomic mass is 28.4. The van der Waals surface area contributed by atoms with E-state index in [-0.39, 0.29) is 0 Å². The lowest BCUT2D eigenvalue weighted by atomic mass is 10.4. The van der Waals surface area contributed by atoms with Gasteiger partial charge in [0, 0.05) is 6.10 Å². The molecule has 0 amide bonds. The highest BCUT2D eigenvalue weighted by Gasteiger charge is 2.33. The van der Waals surface area contributed by atoms with Gasteiger partial charge in [0.25, 0.3) is 0 Å². The molecule has 2 heteroatoms. The van der Waals surface area contributed by atoms with E-state index in [0.29, 0.717) is 6.10 Å². The highest BCUT2D eigenvalue weighted by molar-refractivity contribution is 6.73. The molecule has 0 bridgehead atoms. The fourth-order valence-corrected chi connectivity index (χ4v) is 5.43. The van der Waals surface area contributed by atoms with Crippen molar-refractivity contribution >= 4 is 8.32 Å². The highest BCUT2D eigenvalue weighted by Crippen LogP contribution is 2.31. The van der Waals surface area contributed by atoms with E-state index >= 15 is 0 Å². The predicted molar refractivity (Wildman–Crippen MR) is 46.7 cm³/mol. The summed E-state index contributed by atoms with van der Waals surface area (Å²) in [6.07, 6.45) is 3.28. The third-order valence-electron chi connectivity index (χ3n) is 2.18. The molecule has 0 aromatic rings. The third-order valence-corrected chi connectivity index (χ3v) is 6.04. The second kappa shape index (κ2) is 3.05. The summed E-state index contributed by atoms with van der Waals surface area (Å²) in [5.74, 6) is 0. The average molecular weight is 158 g/mol. The van der Waals surface area contributed by atoms with E-state index in [1.165, 1.54) is 24.9 Å². The van der Waals surface area contributed by atoms with E-state index in [9.17, 15) is 0 Å². The molecule has 0 unspecified atom stereocenters. The Kier molecular flexibility index (Phi) is 2.53. The van der Waals surface area contributed by atoms with Crippen LogP contribution in [0.1, 0.15) is 26.7 Å². The number of hydrogen-bond acceptors (Lipinski definition) is 1. The zero-order valence-electron chi connectivity index (χ0n) is 7.31. The summed E-state index contributed by atoms with van der Waals surface area (Å²) in [5.41, 5.74) is 0. The Morgan fingerprint density at radius 1 is 1.20 bits per heavy atom. The summed E-state index contributed by atoms with van der Waals surface area (Å²) < 4.78 is 5.94. The second-order valence-corrected chi connectivity index (χ2v) is 7.96. The summed E-state index contributed by atoms with van der Waals surface area (Å²) in [7, 11) is -1.15. The monoisotopic (exact) mass is 158 g/mol. The van der Waals surface area contributed by atoms with E-state index in [2.05, 4.69) is 20.4 Å². The molecule has 1 aliphatic rings. The van der Waals surface area contributed by atoms with Crippen LogP contribution in [-0.2, 0) is 4.43 Å². The molecule has 0 radical (unpaired) electrons. The van der Waals surface area contributed by atoms with Crippen molar-refractivity contribution in [3.05, 3.63) is 0 Å². The van der Waals surface area contributed by atoms with Gasteiger partial charge in [-0.3, -0.25) is 0 Å². The van der Waals surface area contributed by atoms with Crippen molar-refractivity contribution in [2.24, 2.45) is 0 Å². The first-order chi connectivity index (χ1) is 4.62. The Morgan fingerprint density at radius 3 is 2.10 bits per heavy atom. The Bertz CT molecular complexity index is 106. The first kappa shape index (κ1) is 8.28. The van der Waals surface area contributed by atoms with Crippen LogP contribution in [0.15, 0.2) is 0 Å². The Morgan fingerprint density at radius 2 is 1.70 bits per heavy atom. The van der Waals surface area contributed by atoms with Crippen molar-refractivity contribution in [1.82, 2.24) is 0 Å². The standard InChI is InChI=1S/C8H18OSi/c1-8(2)9-10(3)6-4-5-7-10/h8H,4-7H2,1-3H3. The van der Waals surface area contributed by atoms with Gasteiger partial charge in [0.05, 0.1) is 0 Å². The van der Waals surface area contributed by atoms with Gasteiger partial charge in [0.1, 0.15) is 0 Å². The predicted octanol–water partition coefficient (Wildman–Crippen LogP) is 2.78. The molecule has 0 spiro atoms. The van der Waals surface area contributed by atoms with Gasteiger partial charge in [-0.15, -0.1) is 0 Å². The van der Waals surface area contributed by atoms with Crippen LogP contribution < -0.4 is 0 Å². The van der Waals surface area contributed by atoms with Gasteiger partial charge in [0.2, 0.25) is 0 Å². The third kappa shape index (κ3) is 2.10.